The van der Waals surface area contributed by atoms with E-state index < -0.39 is 17.2 Å². The summed E-state index contributed by atoms with van der Waals surface area (Å²) in [6, 6.07) is 14.4. The number of aliphatic carboxylic acids is 1. The van der Waals surface area contributed by atoms with Crippen molar-refractivity contribution in [3.8, 4) is 16.9 Å². The molecule has 0 radical (unpaired) electrons. The zero-order valence-corrected chi connectivity index (χ0v) is 23.3. The van der Waals surface area contributed by atoms with E-state index in [1.807, 2.05) is 45.0 Å². The SMILES string of the molecule is CC(C)(C)OC(=O)/C=C/c1ccc(-c2ccc(OC(C)(C)C(=O)O)c(C34CC5CC(CC(C5)C3)C4)c2)cc1. The van der Waals surface area contributed by atoms with Crippen LogP contribution in [0, 0.1) is 17.8 Å². The van der Waals surface area contributed by atoms with Crippen molar-refractivity contribution in [1.29, 1.82) is 0 Å². The number of ether oxygens (including phenoxy) is 2. The Kier molecular flexibility index (Phi) is 6.69. The number of carboxylic acids is 1. The summed E-state index contributed by atoms with van der Waals surface area (Å²) >= 11 is 0. The fourth-order valence-corrected chi connectivity index (χ4v) is 7.26. The first-order chi connectivity index (χ1) is 17.8. The average molecular weight is 517 g/mol. The molecule has 5 heteroatoms. The number of carboxylic acid groups (broad SMARTS) is 1. The first-order valence-electron chi connectivity index (χ1n) is 13.9. The molecule has 2 aromatic carbocycles. The molecule has 4 aliphatic rings. The van der Waals surface area contributed by atoms with Gasteiger partial charge in [-0.05, 0) is 131 Å². The van der Waals surface area contributed by atoms with Crippen molar-refractivity contribution in [2.24, 2.45) is 17.8 Å². The molecule has 0 amide bonds. The van der Waals surface area contributed by atoms with Crippen LogP contribution in [0.5, 0.6) is 5.75 Å². The van der Waals surface area contributed by atoms with E-state index in [1.54, 1.807) is 19.9 Å². The minimum Gasteiger partial charge on any atom is -0.478 e. The summed E-state index contributed by atoms with van der Waals surface area (Å²) in [4.78, 5) is 23.9. The lowest BCUT2D eigenvalue weighted by atomic mass is 9.48. The molecule has 38 heavy (non-hydrogen) atoms. The summed E-state index contributed by atoms with van der Waals surface area (Å²) < 4.78 is 11.6. The maximum Gasteiger partial charge on any atom is 0.347 e. The second-order valence-corrected chi connectivity index (χ2v) is 13.3. The Hall–Kier alpha value is -3.08. The summed E-state index contributed by atoms with van der Waals surface area (Å²) in [6.45, 7) is 8.80. The molecule has 5 nitrogen and oxygen atoms in total. The lowest BCUT2D eigenvalue weighted by Gasteiger charge is -2.57. The molecule has 202 valence electrons. The molecule has 0 saturated heterocycles. The molecule has 0 spiro atoms. The van der Waals surface area contributed by atoms with Crippen LogP contribution >= 0.6 is 0 Å². The molecule has 4 fully saturated rings. The predicted octanol–water partition coefficient (Wildman–Crippen LogP) is 7.42. The number of benzene rings is 2. The molecule has 4 aliphatic carbocycles. The zero-order chi connectivity index (χ0) is 27.3. The van der Waals surface area contributed by atoms with Gasteiger partial charge in [0.2, 0.25) is 0 Å². The van der Waals surface area contributed by atoms with E-state index in [0.717, 1.165) is 34.4 Å². The molecule has 4 saturated carbocycles. The topological polar surface area (TPSA) is 72.8 Å². The van der Waals surface area contributed by atoms with Crippen molar-refractivity contribution in [1.82, 2.24) is 0 Å². The van der Waals surface area contributed by atoms with Gasteiger partial charge in [0.1, 0.15) is 11.4 Å². The fourth-order valence-electron chi connectivity index (χ4n) is 7.26. The van der Waals surface area contributed by atoms with Crippen LogP contribution in [0.2, 0.25) is 0 Å². The second-order valence-electron chi connectivity index (χ2n) is 13.3. The standard InChI is InChI=1S/C33H40O5/c1-31(2,3)38-29(34)13-8-21-6-9-25(10-7-21)26-11-12-28(37-32(4,5)30(35)36)27(17-26)33-18-22-14-23(19-33)16-24(15-22)20-33/h6-13,17,22-24H,14-16,18-20H2,1-5H3,(H,35,36)/b13-8+. The van der Waals surface area contributed by atoms with Crippen LogP contribution in [0.1, 0.15) is 84.3 Å². The highest BCUT2D eigenvalue weighted by Crippen LogP contribution is 2.62. The molecule has 0 heterocycles. The number of esters is 1. The second kappa shape index (κ2) is 9.59. The van der Waals surface area contributed by atoms with Gasteiger partial charge in [0.15, 0.2) is 5.60 Å². The molecule has 0 unspecified atom stereocenters. The van der Waals surface area contributed by atoms with Crippen LogP contribution in [0.15, 0.2) is 48.5 Å². The van der Waals surface area contributed by atoms with Crippen LogP contribution < -0.4 is 4.74 Å². The largest absolute Gasteiger partial charge is 0.478 e. The van der Waals surface area contributed by atoms with Gasteiger partial charge in [-0.15, -0.1) is 0 Å². The van der Waals surface area contributed by atoms with Gasteiger partial charge in [-0.2, -0.15) is 0 Å². The molecule has 6 rings (SSSR count). The average Bonchev–Trinajstić information content (AvgIpc) is 2.81. The van der Waals surface area contributed by atoms with E-state index >= 15 is 0 Å². The summed E-state index contributed by atoms with van der Waals surface area (Å²) in [7, 11) is 0. The van der Waals surface area contributed by atoms with Gasteiger partial charge in [0.05, 0.1) is 0 Å². The minimum absolute atomic E-state index is 0.0603. The number of hydrogen-bond acceptors (Lipinski definition) is 4. The van der Waals surface area contributed by atoms with Crippen LogP contribution in [-0.4, -0.2) is 28.2 Å². The highest BCUT2D eigenvalue weighted by molar-refractivity contribution is 5.87. The summed E-state index contributed by atoms with van der Waals surface area (Å²) in [5.41, 5.74) is 2.51. The highest BCUT2D eigenvalue weighted by atomic mass is 16.6. The Morgan fingerprint density at radius 3 is 1.95 bits per heavy atom. The predicted molar refractivity (Wildman–Crippen MR) is 149 cm³/mol. The monoisotopic (exact) mass is 516 g/mol. The number of rotatable bonds is 7. The van der Waals surface area contributed by atoms with E-state index in [1.165, 1.54) is 50.2 Å². The van der Waals surface area contributed by atoms with Crippen molar-refractivity contribution in [3.63, 3.8) is 0 Å². The Morgan fingerprint density at radius 1 is 0.868 bits per heavy atom. The lowest BCUT2D eigenvalue weighted by Crippen LogP contribution is -2.49. The lowest BCUT2D eigenvalue weighted by molar-refractivity contribution is -0.152. The molecule has 2 aromatic rings. The van der Waals surface area contributed by atoms with Gasteiger partial charge in [-0.3, -0.25) is 0 Å². The minimum atomic E-state index is -1.30. The van der Waals surface area contributed by atoms with Crippen molar-refractivity contribution in [2.45, 2.75) is 89.8 Å². The fraction of sp³-hybridized carbons (Fsp3) is 0.515. The van der Waals surface area contributed by atoms with E-state index in [9.17, 15) is 14.7 Å². The third-order valence-corrected chi connectivity index (χ3v) is 8.53. The van der Waals surface area contributed by atoms with Gasteiger partial charge in [0, 0.05) is 11.6 Å². The number of carbonyl (C=O) groups excluding carboxylic acids is 1. The summed E-state index contributed by atoms with van der Waals surface area (Å²) in [5.74, 6) is 1.68. The molecule has 0 aromatic heterocycles. The molecule has 0 aliphatic heterocycles. The van der Waals surface area contributed by atoms with Crippen LogP contribution in [0.4, 0.5) is 0 Å². The van der Waals surface area contributed by atoms with E-state index in [2.05, 4.69) is 18.2 Å². The quantitative estimate of drug-likeness (QED) is 0.306. The van der Waals surface area contributed by atoms with Crippen molar-refractivity contribution < 1.29 is 24.2 Å². The van der Waals surface area contributed by atoms with Gasteiger partial charge >= 0.3 is 11.9 Å². The molecule has 4 bridgehead atoms. The van der Waals surface area contributed by atoms with Gasteiger partial charge < -0.3 is 14.6 Å². The third kappa shape index (κ3) is 5.52. The normalized spacial score (nSPS) is 26.5. The molecular weight excluding hydrogens is 476 g/mol. The summed E-state index contributed by atoms with van der Waals surface area (Å²) in [6.07, 6.45) is 10.8. The van der Waals surface area contributed by atoms with Crippen molar-refractivity contribution >= 4 is 18.0 Å². The maximum atomic E-state index is 12.0. The Labute approximate surface area is 226 Å². The number of hydrogen-bond donors (Lipinski definition) is 1. The van der Waals surface area contributed by atoms with Gasteiger partial charge in [-0.1, -0.05) is 30.3 Å². The van der Waals surface area contributed by atoms with Crippen LogP contribution in [-0.2, 0) is 19.7 Å². The van der Waals surface area contributed by atoms with Crippen molar-refractivity contribution in [3.05, 3.63) is 59.7 Å². The van der Waals surface area contributed by atoms with Crippen molar-refractivity contribution in [2.75, 3.05) is 0 Å². The molecule has 1 N–H and O–H groups in total. The third-order valence-electron chi connectivity index (χ3n) is 8.53. The first-order valence-corrected chi connectivity index (χ1v) is 13.9. The maximum absolute atomic E-state index is 12.0. The Morgan fingerprint density at radius 2 is 1.42 bits per heavy atom. The summed E-state index contributed by atoms with van der Waals surface area (Å²) in [5, 5.41) is 9.76. The Balaban J connectivity index is 1.46. The van der Waals surface area contributed by atoms with Gasteiger partial charge in [-0.25, -0.2) is 9.59 Å². The number of carbonyl (C=O) groups is 2. The smallest absolute Gasteiger partial charge is 0.347 e. The first kappa shape index (κ1) is 26.5. The van der Waals surface area contributed by atoms with E-state index in [0.29, 0.717) is 5.75 Å². The van der Waals surface area contributed by atoms with Crippen LogP contribution in [0.3, 0.4) is 0 Å². The highest BCUT2D eigenvalue weighted by Gasteiger charge is 2.52. The van der Waals surface area contributed by atoms with Gasteiger partial charge in [0.25, 0.3) is 0 Å². The zero-order valence-electron chi connectivity index (χ0n) is 23.3. The van der Waals surface area contributed by atoms with Crippen LogP contribution in [0.25, 0.3) is 17.2 Å². The molecular formula is C33H40O5. The van der Waals surface area contributed by atoms with E-state index in [-0.39, 0.29) is 11.4 Å². The van der Waals surface area contributed by atoms with E-state index in [4.69, 9.17) is 9.47 Å². The molecule has 0 atom stereocenters. The Bertz CT molecular complexity index is 1210.